The van der Waals surface area contributed by atoms with E-state index in [1.165, 1.54) is 6.08 Å². The third-order valence-electron chi connectivity index (χ3n) is 1.59. The maximum atomic E-state index is 8.45. The van der Waals surface area contributed by atoms with Crippen LogP contribution in [-0.2, 0) is 0 Å². The Morgan fingerprint density at radius 3 is 2.29 bits per heavy atom. The molecule has 14 heavy (non-hydrogen) atoms. The minimum absolute atomic E-state index is 0.109. The van der Waals surface area contributed by atoms with Crippen LogP contribution in [0, 0.1) is 22.7 Å². The van der Waals surface area contributed by atoms with Crippen molar-refractivity contribution >= 4 is 6.08 Å². The lowest BCUT2D eigenvalue weighted by Gasteiger charge is -1.88. The molecule has 1 aromatic rings. The second-order valence-electron chi connectivity index (χ2n) is 2.57. The van der Waals surface area contributed by atoms with Gasteiger partial charge in [-0.15, -0.1) is 0 Å². The maximum Gasteiger partial charge on any atom is 0.129 e. The van der Waals surface area contributed by atoms with Crippen LogP contribution in [0.5, 0.6) is 0 Å². The average Bonchev–Trinajstić information content (AvgIpc) is 2.26. The van der Waals surface area contributed by atoms with E-state index in [2.05, 4.69) is 0 Å². The SMILES string of the molecule is N#CC(C#N)=C/C=C/c1ccccc1. The fourth-order valence-electron chi connectivity index (χ4n) is 0.919. The van der Waals surface area contributed by atoms with Crippen molar-refractivity contribution in [2.75, 3.05) is 0 Å². The number of nitrogens with zero attached hydrogens (tertiary/aromatic N) is 2. The molecule has 1 rings (SSSR count). The average molecular weight is 180 g/mol. The molecule has 0 fully saturated rings. The lowest BCUT2D eigenvalue weighted by molar-refractivity contribution is 1.46. The highest BCUT2D eigenvalue weighted by Crippen LogP contribution is 2.01. The molecule has 0 bridgehead atoms. The highest BCUT2D eigenvalue weighted by atomic mass is 14.3. The fraction of sp³-hybridized carbons (Fsp3) is 0. The Kier molecular flexibility index (Phi) is 3.73. The zero-order valence-electron chi connectivity index (χ0n) is 7.51. The zero-order valence-corrected chi connectivity index (χ0v) is 7.51. The van der Waals surface area contributed by atoms with E-state index < -0.39 is 0 Å². The minimum Gasteiger partial charge on any atom is -0.192 e. The first kappa shape index (κ1) is 9.77. The Bertz CT molecular complexity index is 412. The first-order valence-corrected chi connectivity index (χ1v) is 4.10. The molecule has 66 valence electrons. The van der Waals surface area contributed by atoms with Crippen molar-refractivity contribution in [2.45, 2.75) is 0 Å². The predicted molar refractivity (Wildman–Crippen MR) is 54.8 cm³/mol. The van der Waals surface area contributed by atoms with Gasteiger partial charge in [-0.2, -0.15) is 10.5 Å². The van der Waals surface area contributed by atoms with Crippen LogP contribution in [0.1, 0.15) is 5.56 Å². The number of benzene rings is 1. The summed E-state index contributed by atoms with van der Waals surface area (Å²) in [5.74, 6) is 0. The van der Waals surface area contributed by atoms with Crippen molar-refractivity contribution in [3.05, 3.63) is 53.6 Å². The lowest BCUT2D eigenvalue weighted by atomic mass is 10.2. The Labute approximate surface area is 83.0 Å². The Morgan fingerprint density at radius 2 is 1.71 bits per heavy atom. The van der Waals surface area contributed by atoms with Gasteiger partial charge in [0.15, 0.2) is 0 Å². The van der Waals surface area contributed by atoms with Crippen LogP contribution in [0.2, 0.25) is 0 Å². The van der Waals surface area contributed by atoms with E-state index in [9.17, 15) is 0 Å². The number of rotatable bonds is 2. The van der Waals surface area contributed by atoms with Crippen LogP contribution < -0.4 is 0 Å². The number of allylic oxidation sites excluding steroid dienone is 3. The van der Waals surface area contributed by atoms with Gasteiger partial charge in [-0.25, -0.2) is 0 Å². The van der Waals surface area contributed by atoms with Crippen LogP contribution in [0.25, 0.3) is 6.08 Å². The van der Waals surface area contributed by atoms with Crippen LogP contribution in [-0.4, -0.2) is 0 Å². The quantitative estimate of drug-likeness (QED) is 0.519. The van der Waals surface area contributed by atoms with Gasteiger partial charge in [-0.1, -0.05) is 42.5 Å². The largest absolute Gasteiger partial charge is 0.192 e. The second-order valence-corrected chi connectivity index (χ2v) is 2.57. The van der Waals surface area contributed by atoms with Gasteiger partial charge in [0.2, 0.25) is 0 Å². The summed E-state index contributed by atoms with van der Waals surface area (Å²) in [6.45, 7) is 0. The molecule has 0 amide bonds. The molecule has 2 heteroatoms. The molecular formula is C12H8N2. The molecule has 0 atom stereocenters. The topological polar surface area (TPSA) is 47.6 Å². The van der Waals surface area contributed by atoms with Crippen molar-refractivity contribution in [3.8, 4) is 12.1 Å². The van der Waals surface area contributed by atoms with Crippen molar-refractivity contribution in [3.63, 3.8) is 0 Å². The first-order valence-electron chi connectivity index (χ1n) is 4.10. The summed E-state index contributed by atoms with van der Waals surface area (Å²) in [7, 11) is 0. The molecule has 0 radical (unpaired) electrons. The third kappa shape index (κ3) is 2.97. The molecule has 0 unspecified atom stereocenters. The lowest BCUT2D eigenvalue weighted by Crippen LogP contribution is -1.70. The molecule has 0 saturated heterocycles. The van der Waals surface area contributed by atoms with E-state index in [-0.39, 0.29) is 5.57 Å². The van der Waals surface area contributed by atoms with Gasteiger partial charge in [0.05, 0.1) is 0 Å². The highest BCUT2D eigenvalue weighted by molar-refractivity contribution is 5.52. The minimum atomic E-state index is 0.109. The van der Waals surface area contributed by atoms with Crippen molar-refractivity contribution < 1.29 is 0 Å². The van der Waals surface area contributed by atoms with Gasteiger partial charge in [0.1, 0.15) is 17.7 Å². The summed E-state index contributed by atoms with van der Waals surface area (Å²) in [6.07, 6.45) is 5.03. The summed E-state index contributed by atoms with van der Waals surface area (Å²) < 4.78 is 0. The van der Waals surface area contributed by atoms with Crippen LogP contribution in [0.4, 0.5) is 0 Å². The molecule has 0 heterocycles. The summed E-state index contributed by atoms with van der Waals surface area (Å²) in [5.41, 5.74) is 1.15. The summed E-state index contributed by atoms with van der Waals surface area (Å²) in [4.78, 5) is 0. The second kappa shape index (κ2) is 5.35. The third-order valence-corrected chi connectivity index (χ3v) is 1.59. The summed E-state index contributed by atoms with van der Waals surface area (Å²) >= 11 is 0. The maximum absolute atomic E-state index is 8.45. The van der Waals surface area contributed by atoms with Crippen molar-refractivity contribution in [1.82, 2.24) is 0 Å². The van der Waals surface area contributed by atoms with E-state index in [0.717, 1.165) is 5.56 Å². The van der Waals surface area contributed by atoms with Crippen molar-refractivity contribution in [2.24, 2.45) is 0 Å². The zero-order chi connectivity index (χ0) is 10.2. The highest BCUT2D eigenvalue weighted by Gasteiger charge is 1.86. The van der Waals surface area contributed by atoms with E-state index >= 15 is 0 Å². The predicted octanol–water partition coefficient (Wildman–Crippen LogP) is 2.67. The normalized spacial score (nSPS) is 9.00. The molecule has 2 nitrogen and oxygen atoms in total. The molecular weight excluding hydrogens is 172 g/mol. The number of hydrogen-bond acceptors (Lipinski definition) is 2. The van der Waals surface area contributed by atoms with Crippen molar-refractivity contribution in [1.29, 1.82) is 10.5 Å². The molecule has 0 aliphatic carbocycles. The van der Waals surface area contributed by atoms with Crippen LogP contribution >= 0.6 is 0 Å². The first-order chi connectivity index (χ1) is 6.86. The Hall–Kier alpha value is -2.32. The monoisotopic (exact) mass is 180 g/mol. The smallest absolute Gasteiger partial charge is 0.129 e. The van der Waals surface area contributed by atoms with Gasteiger partial charge in [-0.05, 0) is 11.6 Å². The van der Waals surface area contributed by atoms with Gasteiger partial charge in [0, 0.05) is 0 Å². The Balaban J connectivity index is 2.73. The van der Waals surface area contributed by atoms with Crippen LogP contribution in [0.15, 0.2) is 48.1 Å². The van der Waals surface area contributed by atoms with E-state index in [0.29, 0.717) is 0 Å². The molecule has 0 aliphatic rings. The Morgan fingerprint density at radius 1 is 1.07 bits per heavy atom. The van der Waals surface area contributed by atoms with E-state index in [4.69, 9.17) is 10.5 Å². The van der Waals surface area contributed by atoms with E-state index in [1.54, 1.807) is 18.2 Å². The number of hydrogen-bond donors (Lipinski definition) is 0. The van der Waals surface area contributed by atoms with Gasteiger partial charge < -0.3 is 0 Å². The molecule has 0 aromatic heterocycles. The summed E-state index contributed by atoms with van der Waals surface area (Å²) in [6, 6.07) is 13.3. The molecule has 0 N–H and O–H groups in total. The van der Waals surface area contributed by atoms with Gasteiger partial charge >= 0.3 is 0 Å². The molecule has 0 spiro atoms. The molecule has 1 aromatic carbocycles. The standard InChI is InChI=1S/C12H8N2/c13-9-12(10-14)8-4-7-11-5-2-1-3-6-11/h1-8H/b7-4+. The number of nitriles is 2. The van der Waals surface area contributed by atoms with Gasteiger partial charge in [-0.3, -0.25) is 0 Å². The summed E-state index contributed by atoms with van der Waals surface area (Å²) in [5, 5.41) is 16.9. The van der Waals surface area contributed by atoms with Gasteiger partial charge in [0.25, 0.3) is 0 Å². The van der Waals surface area contributed by atoms with Crippen LogP contribution in [0.3, 0.4) is 0 Å². The fourth-order valence-corrected chi connectivity index (χ4v) is 0.919. The van der Waals surface area contributed by atoms with E-state index in [1.807, 2.05) is 36.4 Å². The molecule has 0 saturated carbocycles. The molecule has 0 aliphatic heterocycles.